The number of nitrogens with zero attached hydrogens (tertiary/aromatic N) is 1. The summed E-state index contributed by atoms with van der Waals surface area (Å²) in [6, 6.07) is 4.26. The fourth-order valence-corrected chi connectivity index (χ4v) is 4.27. The topological polar surface area (TPSA) is 61.4 Å². The quantitative estimate of drug-likeness (QED) is 0.758. The van der Waals surface area contributed by atoms with Crippen molar-refractivity contribution in [1.29, 1.82) is 0 Å². The zero-order valence-corrected chi connectivity index (χ0v) is 17.8. The van der Waals surface area contributed by atoms with Crippen LogP contribution in [0.4, 0.5) is 4.39 Å². The first-order chi connectivity index (χ1) is 13.1. The van der Waals surface area contributed by atoms with E-state index >= 15 is 0 Å². The molecule has 1 spiro atoms. The van der Waals surface area contributed by atoms with Crippen molar-refractivity contribution in [3.8, 4) is 0 Å². The van der Waals surface area contributed by atoms with Gasteiger partial charge in [0, 0.05) is 24.2 Å². The molecule has 0 aromatic heterocycles. The first-order valence-electron chi connectivity index (χ1n) is 9.95. The van der Waals surface area contributed by atoms with Crippen molar-refractivity contribution in [1.82, 2.24) is 15.5 Å². The van der Waals surface area contributed by atoms with Crippen LogP contribution in [0.1, 0.15) is 49.5 Å². The van der Waals surface area contributed by atoms with Gasteiger partial charge in [0.05, 0.1) is 6.54 Å². The molecular weight excluding hydrogens is 357 g/mol. The Labute approximate surface area is 168 Å². The zero-order chi connectivity index (χ0) is 20.9. The molecule has 0 atom stereocenters. The largest absolute Gasteiger partial charge is 0.350 e. The maximum Gasteiger partial charge on any atom is 0.234 e. The van der Waals surface area contributed by atoms with Crippen molar-refractivity contribution in [2.45, 2.75) is 46.1 Å². The van der Waals surface area contributed by atoms with Crippen LogP contribution >= 0.6 is 0 Å². The Balaban J connectivity index is 0.000000237. The lowest BCUT2D eigenvalue weighted by molar-refractivity contribution is -0.133. The number of nitrogens with one attached hydrogen (secondary N) is 2. The van der Waals surface area contributed by atoms with Gasteiger partial charge in [-0.05, 0) is 89.2 Å². The number of aryl methyl sites for hydroxylation is 1. The predicted molar refractivity (Wildman–Crippen MR) is 110 cm³/mol. The first-order valence-corrected chi connectivity index (χ1v) is 9.95. The van der Waals surface area contributed by atoms with Gasteiger partial charge in [0.25, 0.3) is 0 Å². The molecule has 1 amide bonds. The molecule has 0 radical (unpaired) electrons. The molecule has 1 heterocycles. The molecule has 2 aliphatic rings. The highest BCUT2D eigenvalue weighted by molar-refractivity contribution is 5.78. The number of carbonyl (C=O) groups is 2. The lowest BCUT2D eigenvalue weighted by atomic mass is 9.57. The van der Waals surface area contributed by atoms with Crippen molar-refractivity contribution >= 4 is 12.2 Å². The summed E-state index contributed by atoms with van der Waals surface area (Å²) in [5, 5.41) is 6.27. The monoisotopic (exact) mass is 391 g/mol. The van der Waals surface area contributed by atoms with E-state index in [1.165, 1.54) is 31.0 Å². The number of halogens is 1. The van der Waals surface area contributed by atoms with Crippen molar-refractivity contribution in [3.63, 3.8) is 0 Å². The Bertz CT molecular complexity index is 686. The zero-order valence-electron chi connectivity index (χ0n) is 17.8. The summed E-state index contributed by atoms with van der Waals surface area (Å²) in [5.41, 5.74) is 1.46. The highest BCUT2D eigenvalue weighted by Gasteiger charge is 2.51. The average molecular weight is 392 g/mol. The van der Waals surface area contributed by atoms with E-state index in [2.05, 4.69) is 15.5 Å². The lowest BCUT2D eigenvalue weighted by Gasteiger charge is -2.59. The molecule has 2 N–H and O–H groups in total. The van der Waals surface area contributed by atoms with Crippen LogP contribution < -0.4 is 10.6 Å². The summed E-state index contributed by atoms with van der Waals surface area (Å²) in [6.45, 7) is 11.6. The number of aldehydes is 1. The molecule has 28 heavy (non-hydrogen) atoms. The van der Waals surface area contributed by atoms with Crippen LogP contribution in [0.15, 0.2) is 18.2 Å². The Kier molecular flexibility index (Phi) is 7.34. The van der Waals surface area contributed by atoms with Crippen LogP contribution in [0.3, 0.4) is 0 Å². The molecule has 1 aromatic rings. The van der Waals surface area contributed by atoms with E-state index in [1.54, 1.807) is 6.92 Å². The SMILES string of the molecule is CNCC1CC2(C1)CN(CC(=O)NC(C)(C)C)C2.Cc1cc(C=O)ccc1F. The molecule has 1 aliphatic carbocycles. The van der Waals surface area contributed by atoms with Crippen molar-refractivity contribution < 1.29 is 14.0 Å². The second-order valence-corrected chi connectivity index (χ2v) is 9.40. The van der Waals surface area contributed by atoms with E-state index in [-0.39, 0.29) is 17.3 Å². The summed E-state index contributed by atoms with van der Waals surface area (Å²) in [7, 11) is 2.02. The van der Waals surface area contributed by atoms with E-state index < -0.39 is 0 Å². The predicted octanol–water partition coefficient (Wildman–Crippen LogP) is 2.78. The minimum atomic E-state index is -0.273. The third-order valence-electron chi connectivity index (χ3n) is 5.25. The van der Waals surface area contributed by atoms with E-state index in [0.717, 1.165) is 25.6 Å². The number of hydrogen-bond acceptors (Lipinski definition) is 4. The van der Waals surface area contributed by atoms with Crippen molar-refractivity contribution in [2.75, 3.05) is 33.2 Å². The van der Waals surface area contributed by atoms with E-state index in [0.29, 0.717) is 29.4 Å². The van der Waals surface area contributed by atoms with Crippen LogP contribution in [0.5, 0.6) is 0 Å². The van der Waals surface area contributed by atoms with Crippen LogP contribution in [-0.4, -0.2) is 55.9 Å². The van der Waals surface area contributed by atoms with Gasteiger partial charge in [0.15, 0.2) is 0 Å². The van der Waals surface area contributed by atoms with Crippen molar-refractivity contribution in [3.05, 3.63) is 35.1 Å². The molecule has 6 heteroatoms. The number of likely N-dealkylation sites (tertiary alicyclic amines) is 1. The number of amides is 1. The molecule has 156 valence electrons. The summed E-state index contributed by atoms with van der Waals surface area (Å²) >= 11 is 0. The van der Waals surface area contributed by atoms with Crippen LogP contribution in [-0.2, 0) is 4.79 Å². The molecule has 1 aromatic carbocycles. The van der Waals surface area contributed by atoms with Gasteiger partial charge < -0.3 is 10.6 Å². The van der Waals surface area contributed by atoms with Crippen molar-refractivity contribution in [2.24, 2.45) is 11.3 Å². The summed E-state index contributed by atoms with van der Waals surface area (Å²) < 4.78 is 12.5. The van der Waals surface area contributed by atoms with Gasteiger partial charge in [-0.2, -0.15) is 0 Å². The number of carbonyl (C=O) groups excluding carboxylic acids is 2. The van der Waals surface area contributed by atoms with Gasteiger partial charge in [-0.3, -0.25) is 14.5 Å². The van der Waals surface area contributed by atoms with Crippen LogP contribution in [0, 0.1) is 24.1 Å². The Hall–Kier alpha value is -1.79. The van der Waals surface area contributed by atoms with E-state index in [4.69, 9.17) is 0 Å². The lowest BCUT2D eigenvalue weighted by Crippen LogP contribution is -2.64. The number of benzene rings is 1. The van der Waals surface area contributed by atoms with Gasteiger partial charge in [-0.25, -0.2) is 4.39 Å². The summed E-state index contributed by atoms with van der Waals surface area (Å²) in [6.07, 6.45) is 3.38. The second-order valence-electron chi connectivity index (χ2n) is 9.40. The molecule has 1 saturated carbocycles. The molecule has 3 rings (SSSR count). The molecule has 0 bridgehead atoms. The Morgan fingerprint density at radius 3 is 2.46 bits per heavy atom. The van der Waals surface area contributed by atoms with Gasteiger partial charge >= 0.3 is 0 Å². The molecular formula is C22H34FN3O2. The van der Waals surface area contributed by atoms with Gasteiger partial charge in [-0.15, -0.1) is 0 Å². The first kappa shape index (κ1) is 22.5. The van der Waals surface area contributed by atoms with E-state index in [9.17, 15) is 14.0 Å². The van der Waals surface area contributed by atoms with Gasteiger partial charge in [-0.1, -0.05) is 0 Å². The normalized spacial score (nSPS) is 18.5. The minimum Gasteiger partial charge on any atom is -0.350 e. The average Bonchev–Trinajstić information content (AvgIpc) is 2.52. The standard InChI is InChI=1S/C14H27N3O.C8H7FO/c1-13(2,3)16-12(18)8-17-9-14(10-17)5-11(6-14)7-15-4;1-6-4-7(5-10)2-3-8(6)9/h11,15H,5-10H2,1-4H3,(H,16,18);2-5H,1H3. The smallest absolute Gasteiger partial charge is 0.234 e. The fourth-order valence-electron chi connectivity index (χ4n) is 4.27. The highest BCUT2D eigenvalue weighted by Crippen LogP contribution is 2.51. The van der Waals surface area contributed by atoms with E-state index in [1.807, 2.05) is 27.8 Å². The minimum absolute atomic E-state index is 0.117. The third-order valence-corrected chi connectivity index (χ3v) is 5.25. The Morgan fingerprint density at radius 2 is 1.96 bits per heavy atom. The third kappa shape index (κ3) is 6.38. The molecule has 1 saturated heterocycles. The molecule has 2 fully saturated rings. The molecule has 1 aliphatic heterocycles. The highest BCUT2D eigenvalue weighted by atomic mass is 19.1. The Morgan fingerprint density at radius 1 is 1.32 bits per heavy atom. The summed E-state index contributed by atoms with van der Waals surface area (Å²) in [5.74, 6) is 0.745. The number of hydrogen-bond donors (Lipinski definition) is 2. The molecule has 5 nitrogen and oxygen atoms in total. The van der Waals surface area contributed by atoms with Crippen LogP contribution in [0.25, 0.3) is 0 Å². The maximum atomic E-state index is 12.5. The van der Waals surface area contributed by atoms with Gasteiger partial charge in [0.1, 0.15) is 12.1 Å². The summed E-state index contributed by atoms with van der Waals surface area (Å²) in [4.78, 5) is 24.2. The maximum absolute atomic E-state index is 12.5. The fraction of sp³-hybridized carbons (Fsp3) is 0.636. The molecule has 0 unspecified atom stereocenters. The second kappa shape index (κ2) is 9.14. The number of rotatable bonds is 5. The van der Waals surface area contributed by atoms with Crippen LogP contribution in [0.2, 0.25) is 0 Å². The van der Waals surface area contributed by atoms with Gasteiger partial charge in [0.2, 0.25) is 5.91 Å².